The van der Waals surface area contributed by atoms with Crippen LogP contribution in [0.5, 0.6) is 17.2 Å². The second kappa shape index (κ2) is 12.1. The van der Waals surface area contributed by atoms with Crippen molar-refractivity contribution in [2.45, 2.75) is 32.7 Å². The zero-order chi connectivity index (χ0) is 25.3. The molecule has 2 aromatic rings. The Hall–Kier alpha value is -3.46. The van der Waals surface area contributed by atoms with E-state index in [4.69, 9.17) is 30.5 Å². The molecule has 0 aromatic heterocycles. The molecule has 0 saturated carbocycles. The Labute approximate surface area is 203 Å². The molecule has 0 radical (unpaired) electrons. The highest BCUT2D eigenvalue weighted by atomic mass is 35.5. The molecule has 2 N–H and O–H groups in total. The van der Waals surface area contributed by atoms with Crippen LogP contribution < -0.4 is 24.8 Å². The maximum Gasteiger partial charge on any atom is 0.338 e. The van der Waals surface area contributed by atoms with Crippen LogP contribution in [0, 0.1) is 0 Å². The van der Waals surface area contributed by atoms with Gasteiger partial charge in [-0.2, -0.15) is 0 Å². The van der Waals surface area contributed by atoms with Crippen LogP contribution >= 0.6 is 11.6 Å². The number of amides is 2. The average molecular weight is 493 g/mol. The lowest BCUT2D eigenvalue weighted by molar-refractivity contribution is -0.125. The monoisotopic (exact) mass is 492 g/mol. The molecule has 0 spiro atoms. The summed E-state index contributed by atoms with van der Waals surface area (Å²) >= 11 is 5.97. The van der Waals surface area contributed by atoms with Crippen LogP contribution in [0.3, 0.4) is 0 Å². The third kappa shape index (κ3) is 7.84. The van der Waals surface area contributed by atoms with Gasteiger partial charge in [0.15, 0.2) is 24.7 Å². The average Bonchev–Trinajstić information content (AvgIpc) is 2.81. The van der Waals surface area contributed by atoms with Gasteiger partial charge in [0.1, 0.15) is 5.75 Å². The van der Waals surface area contributed by atoms with Crippen LogP contribution in [0.2, 0.25) is 5.02 Å². The molecule has 0 aliphatic heterocycles. The van der Waals surface area contributed by atoms with Crippen molar-refractivity contribution in [3.8, 4) is 17.2 Å². The first-order valence-corrected chi connectivity index (χ1v) is 10.9. The van der Waals surface area contributed by atoms with E-state index in [1.165, 1.54) is 32.4 Å². The summed E-state index contributed by atoms with van der Waals surface area (Å²) in [6.07, 6.45) is 0.732. The second-order valence-corrected chi connectivity index (χ2v) is 8.35. The minimum atomic E-state index is -0.694. The molecule has 2 rings (SSSR count). The van der Waals surface area contributed by atoms with Crippen molar-refractivity contribution >= 4 is 35.1 Å². The van der Waals surface area contributed by atoms with E-state index in [0.29, 0.717) is 16.5 Å². The van der Waals surface area contributed by atoms with Crippen molar-refractivity contribution in [2.24, 2.45) is 0 Å². The molecule has 0 aliphatic rings. The standard InChI is InChI=1S/C24H29ClN2O7/c1-6-24(2,3)27-22(29)14-34-23(30)15-7-9-19(20(11-15)32-5)33-13-21(28)26-17-12-16(25)8-10-18(17)31-4/h7-12H,6,13-14H2,1-5H3,(H,26,28)(H,27,29). The van der Waals surface area contributed by atoms with Gasteiger partial charge in [0, 0.05) is 10.6 Å². The molecular weight excluding hydrogens is 464 g/mol. The van der Waals surface area contributed by atoms with Crippen molar-refractivity contribution in [1.82, 2.24) is 5.32 Å². The molecular formula is C24H29ClN2O7. The third-order valence-corrected chi connectivity index (χ3v) is 5.12. The highest BCUT2D eigenvalue weighted by Gasteiger charge is 2.20. The van der Waals surface area contributed by atoms with E-state index in [0.717, 1.165) is 6.42 Å². The molecule has 0 unspecified atom stereocenters. The molecule has 0 fully saturated rings. The summed E-state index contributed by atoms with van der Waals surface area (Å²) in [6, 6.07) is 9.16. The maximum absolute atomic E-state index is 12.3. The van der Waals surface area contributed by atoms with Crippen LogP contribution in [0.1, 0.15) is 37.6 Å². The van der Waals surface area contributed by atoms with Gasteiger partial charge in [0.2, 0.25) is 0 Å². The number of benzene rings is 2. The van der Waals surface area contributed by atoms with Gasteiger partial charge in [-0.05, 0) is 56.7 Å². The second-order valence-electron chi connectivity index (χ2n) is 7.91. The molecule has 184 valence electrons. The number of rotatable bonds is 11. The normalized spacial score (nSPS) is 10.8. The first-order chi connectivity index (χ1) is 16.1. The molecule has 0 saturated heterocycles. The minimum absolute atomic E-state index is 0.167. The van der Waals surface area contributed by atoms with E-state index in [1.54, 1.807) is 18.2 Å². The Morgan fingerprint density at radius 3 is 2.24 bits per heavy atom. The molecule has 34 heavy (non-hydrogen) atoms. The predicted molar refractivity (Wildman–Crippen MR) is 128 cm³/mol. The Morgan fingerprint density at radius 1 is 0.912 bits per heavy atom. The van der Waals surface area contributed by atoms with Gasteiger partial charge in [-0.15, -0.1) is 0 Å². The third-order valence-electron chi connectivity index (χ3n) is 4.89. The Morgan fingerprint density at radius 2 is 1.59 bits per heavy atom. The van der Waals surface area contributed by atoms with Crippen molar-refractivity contribution in [3.05, 3.63) is 47.0 Å². The first-order valence-electron chi connectivity index (χ1n) is 10.5. The number of nitrogens with one attached hydrogen (secondary N) is 2. The molecule has 0 bridgehead atoms. The van der Waals surface area contributed by atoms with Crippen molar-refractivity contribution < 1.29 is 33.3 Å². The van der Waals surface area contributed by atoms with Crippen molar-refractivity contribution in [3.63, 3.8) is 0 Å². The fraction of sp³-hybridized carbons (Fsp3) is 0.375. The van der Waals surface area contributed by atoms with E-state index in [-0.39, 0.29) is 23.7 Å². The molecule has 10 heteroatoms. The topological polar surface area (TPSA) is 112 Å². The van der Waals surface area contributed by atoms with Gasteiger partial charge >= 0.3 is 5.97 Å². The zero-order valence-corrected chi connectivity index (χ0v) is 20.6. The van der Waals surface area contributed by atoms with E-state index >= 15 is 0 Å². The number of hydrogen-bond acceptors (Lipinski definition) is 7. The van der Waals surface area contributed by atoms with Crippen LogP contribution in [0.25, 0.3) is 0 Å². The van der Waals surface area contributed by atoms with Crippen molar-refractivity contribution in [2.75, 3.05) is 32.8 Å². The minimum Gasteiger partial charge on any atom is -0.495 e. The van der Waals surface area contributed by atoms with E-state index in [1.807, 2.05) is 20.8 Å². The Kier molecular flexibility index (Phi) is 9.56. The van der Waals surface area contributed by atoms with E-state index in [9.17, 15) is 14.4 Å². The molecule has 0 heterocycles. The lowest BCUT2D eigenvalue weighted by atomic mass is 10.0. The molecule has 0 atom stereocenters. The Bertz CT molecular complexity index is 1040. The molecule has 9 nitrogen and oxygen atoms in total. The summed E-state index contributed by atoms with van der Waals surface area (Å²) < 4.78 is 21.1. The lowest BCUT2D eigenvalue weighted by Gasteiger charge is -2.24. The van der Waals surface area contributed by atoms with Crippen LogP contribution in [0.15, 0.2) is 36.4 Å². The van der Waals surface area contributed by atoms with Gasteiger partial charge in [-0.25, -0.2) is 4.79 Å². The quantitative estimate of drug-likeness (QED) is 0.458. The predicted octanol–water partition coefficient (Wildman–Crippen LogP) is 3.84. The first kappa shape index (κ1) is 26.8. The van der Waals surface area contributed by atoms with Crippen LogP contribution in [-0.2, 0) is 14.3 Å². The summed E-state index contributed by atoms with van der Waals surface area (Å²) in [5.41, 5.74) is 0.176. The number of methoxy groups -OCH3 is 2. The Balaban J connectivity index is 1.97. The van der Waals surface area contributed by atoms with Crippen molar-refractivity contribution in [1.29, 1.82) is 0 Å². The molecule has 2 amide bonds. The summed E-state index contributed by atoms with van der Waals surface area (Å²) in [7, 11) is 2.87. The van der Waals surface area contributed by atoms with E-state index in [2.05, 4.69) is 10.6 Å². The van der Waals surface area contributed by atoms with Gasteiger partial charge in [-0.1, -0.05) is 18.5 Å². The van der Waals surface area contributed by atoms with E-state index < -0.39 is 29.9 Å². The molecule has 2 aromatic carbocycles. The number of anilines is 1. The molecule has 0 aliphatic carbocycles. The summed E-state index contributed by atoms with van der Waals surface area (Å²) in [5.74, 6) is -0.624. The fourth-order valence-corrected chi connectivity index (χ4v) is 2.91. The number of carbonyl (C=O) groups excluding carboxylic acids is 3. The number of esters is 1. The smallest absolute Gasteiger partial charge is 0.338 e. The number of hydrogen-bond donors (Lipinski definition) is 2. The zero-order valence-electron chi connectivity index (χ0n) is 19.8. The fourth-order valence-electron chi connectivity index (χ4n) is 2.74. The van der Waals surface area contributed by atoms with Crippen LogP contribution in [-0.4, -0.2) is 50.8 Å². The SMILES string of the molecule is CCC(C)(C)NC(=O)COC(=O)c1ccc(OCC(=O)Nc2cc(Cl)ccc2OC)c(OC)c1. The van der Waals surface area contributed by atoms with Gasteiger partial charge in [0.05, 0.1) is 25.5 Å². The maximum atomic E-state index is 12.3. The highest BCUT2D eigenvalue weighted by Crippen LogP contribution is 2.29. The lowest BCUT2D eigenvalue weighted by Crippen LogP contribution is -2.44. The number of ether oxygens (including phenoxy) is 4. The number of carbonyl (C=O) groups is 3. The van der Waals surface area contributed by atoms with Gasteiger partial charge in [-0.3, -0.25) is 9.59 Å². The van der Waals surface area contributed by atoms with Gasteiger partial charge < -0.3 is 29.6 Å². The van der Waals surface area contributed by atoms with Gasteiger partial charge in [0.25, 0.3) is 11.8 Å². The highest BCUT2D eigenvalue weighted by molar-refractivity contribution is 6.31. The largest absolute Gasteiger partial charge is 0.495 e. The summed E-state index contributed by atoms with van der Waals surface area (Å²) in [6.45, 7) is 4.96. The number of halogens is 1. The summed E-state index contributed by atoms with van der Waals surface area (Å²) in [4.78, 5) is 36.6. The van der Waals surface area contributed by atoms with Crippen LogP contribution in [0.4, 0.5) is 5.69 Å². The summed E-state index contributed by atoms with van der Waals surface area (Å²) in [5, 5.41) is 5.88.